The highest BCUT2D eigenvalue weighted by atomic mass is 79.9. The molecule has 1 rings (SSSR count). The molecule has 0 spiro atoms. The Morgan fingerprint density at radius 1 is 1.29 bits per heavy atom. The van der Waals surface area contributed by atoms with Gasteiger partial charge in [0.05, 0.1) is 12.2 Å². The minimum Gasteiger partial charge on any atom is -0.462 e. The lowest BCUT2D eigenvalue weighted by Gasteiger charge is -2.06. The zero-order valence-electron chi connectivity index (χ0n) is 9.74. The number of halogens is 1. The number of benzene rings is 1. The zero-order valence-corrected chi connectivity index (χ0v) is 11.3. The molecule has 0 aliphatic rings. The van der Waals surface area contributed by atoms with Crippen LogP contribution in [-0.2, 0) is 9.47 Å². The van der Waals surface area contributed by atoms with Crippen molar-refractivity contribution in [2.24, 2.45) is 0 Å². The number of nitrogen functional groups attached to an aromatic ring is 1. The Morgan fingerprint density at radius 2 is 2.00 bits per heavy atom. The molecule has 2 N–H and O–H groups in total. The summed E-state index contributed by atoms with van der Waals surface area (Å²) in [5, 5.41) is 0. The number of hydrogen-bond donors (Lipinski definition) is 1. The van der Waals surface area contributed by atoms with E-state index in [0.29, 0.717) is 24.5 Å². The summed E-state index contributed by atoms with van der Waals surface area (Å²) in [6.45, 7) is 1.08. The fraction of sp³-hybridized carbons (Fsp3) is 0.417. The molecule has 0 aliphatic carbocycles. The summed E-state index contributed by atoms with van der Waals surface area (Å²) in [4.78, 5) is 11.7. The third-order valence-corrected chi connectivity index (χ3v) is 2.59. The van der Waals surface area contributed by atoms with Gasteiger partial charge in [0.2, 0.25) is 0 Å². The maximum Gasteiger partial charge on any atom is 0.338 e. The Kier molecular flexibility index (Phi) is 6.00. The second-order valence-electron chi connectivity index (χ2n) is 3.61. The largest absolute Gasteiger partial charge is 0.462 e. The molecule has 0 atom stereocenters. The van der Waals surface area contributed by atoms with Crippen LogP contribution in [0.25, 0.3) is 0 Å². The molecule has 1 aromatic carbocycles. The molecule has 0 bridgehead atoms. The van der Waals surface area contributed by atoms with Crippen molar-refractivity contribution in [1.82, 2.24) is 0 Å². The Labute approximate surface area is 109 Å². The van der Waals surface area contributed by atoms with Crippen molar-refractivity contribution in [2.75, 3.05) is 26.1 Å². The van der Waals surface area contributed by atoms with Crippen molar-refractivity contribution in [3.05, 3.63) is 28.2 Å². The molecule has 17 heavy (non-hydrogen) atoms. The fourth-order valence-corrected chi connectivity index (χ4v) is 1.84. The maximum absolute atomic E-state index is 11.7. The normalized spacial score (nSPS) is 10.2. The van der Waals surface area contributed by atoms with E-state index in [2.05, 4.69) is 15.9 Å². The van der Waals surface area contributed by atoms with Gasteiger partial charge in [-0.25, -0.2) is 4.79 Å². The number of carbonyl (C=O) groups is 1. The number of esters is 1. The summed E-state index contributed by atoms with van der Waals surface area (Å²) in [7, 11) is 1.65. The molecule has 0 saturated carbocycles. The molecule has 0 radical (unpaired) electrons. The van der Waals surface area contributed by atoms with E-state index in [0.717, 1.165) is 17.3 Å². The van der Waals surface area contributed by atoms with E-state index >= 15 is 0 Å². The lowest BCUT2D eigenvalue weighted by molar-refractivity contribution is 0.0489. The summed E-state index contributed by atoms with van der Waals surface area (Å²) < 4.78 is 10.8. The van der Waals surface area contributed by atoms with E-state index in [9.17, 15) is 4.79 Å². The molecule has 0 heterocycles. The predicted octanol–water partition coefficient (Wildman–Crippen LogP) is 2.61. The van der Waals surface area contributed by atoms with Crippen LogP contribution < -0.4 is 5.73 Å². The van der Waals surface area contributed by atoms with Gasteiger partial charge >= 0.3 is 5.97 Å². The molecule has 0 aliphatic heterocycles. The van der Waals surface area contributed by atoms with Crippen LogP contribution in [0.1, 0.15) is 23.2 Å². The quantitative estimate of drug-likeness (QED) is 0.498. The first-order valence-electron chi connectivity index (χ1n) is 5.35. The zero-order chi connectivity index (χ0) is 12.7. The SMILES string of the molecule is COCCCCOC(=O)c1cc(N)cc(Br)c1. The maximum atomic E-state index is 11.7. The average molecular weight is 302 g/mol. The number of nitrogens with two attached hydrogens (primary N) is 1. The van der Waals surface area contributed by atoms with Gasteiger partial charge in [-0.3, -0.25) is 0 Å². The minimum atomic E-state index is -0.351. The number of anilines is 1. The van der Waals surface area contributed by atoms with Crippen molar-refractivity contribution in [2.45, 2.75) is 12.8 Å². The summed E-state index contributed by atoms with van der Waals surface area (Å²) in [6, 6.07) is 5.02. The van der Waals surface area contributed by atoms with E-state index in [-0.39, 0.29) is 5.97 Å². The van der Waals surface area contributed by atoms with Gasteiger partial charge in [-0.05, 0) is 31.0 Å². The minimum absolute atomic E-state index is 0.351. The molecule has 4 nitrogen and oxygen atoms in total. The van der Waals surface area contributed by atoms with Crippen LogP contribution in [0.5, 0.6) is 0 Å². The number of hydrogen-bond acceptors (Lipinski definition) is 4. The van der Waals surface area contributed by atoms with Crippen LogP contribution in [0, 0.1) is 0 Å². The molecule has 0 saturated heterocycles. The van der Waals surface area contributed by atoms with Crippen molar-refractivity contribution in [3.8, 4) is 0 Å². The molecular weight excluding hydrogens is 286 g/mol. The smallest absolute Gasteiger partial charge is 0.338 e. The van der Waals surface area contributed by atoms with Gasteiger partial charge in [0, 0.05) is 23.9 Å². The molecule has 0 fully saturated rings. The molecule has 0 amide bonds. The Hall–Kier alpha value is -1.07. The molecule has 94 valence electrons. The Balaban J connectivity index is 2.41. The van der Waals surface area contributed by atoms with Crippen molar-refractivity contribution in [1.29, 1.82) is 0 Å². The molecule has 5 heteroatoms. The van der Waals surface area contributed by atoms with E-state index in [4.69, 9.17) is 15.2 Å². The van der Waals surface area contributed by atoms with E-state index in [1.54, 1.807) is 25.3 Å². The van der Waals surface area contributed by atoms with Gasteiger partial charge < -0.3 is 15.2 Å². The van der Waals surface area contributed by atoms with Gasteiger partial charge in [-0.15, -0.1) is 0 Å². The third kappa shape index (κ3) is 5.19. The van der Waals surface area contributed by atoms with Gasteiger partial charge in [0.25, 0.3) is 0 Å². The van der Waals surface area contributed by atoms with Gasteiger partial charge in [-0.1, -0.05) is 15.9 Å². The van der Waals surface area contributed by atoms with E-state index in [1.807, 2.05) is 0 Å². The standard InChI is InChI=1S/C12H16BrNO3/c1-16-4-2-3-5-17-12(15)9-6-10(13)8-11(14)7-9/h6-8H,2-5,14H2,1H3. The van der Waals surface area contributed by atoms with Crippen molar-refractivity contribution in [3.63, 3.8) is 0 Å². The number of methoxy groups -OCH3 is 1. The molecule has 1 aromatic rings. The summed E-state index contributed by atoms with van der Waals surface area (Å²) in [5.74, 6) is -0.351. The first-order chi connectivity index (χ1) is 8.13. The predicted molar refractivity (Wildman–Crippen MR) is 69.9 cm³/mol. The second-order valence-corrected chi connectivity index (χ2v) is 4.52. The summed E-state index contributed by atoms with van der Waals surface area (Å²) in [6.07, 6.45) is 1.67. The summed E-state index contributed by atoms with van der Waals surface area (Å²) >= 11 is 3.28. The highest BCUT2D eigenvalue weighted by molar-refractivity contribution is 9.10. The van der Waals surface area contributed by atoms with Crippen molar-refractivity contribution < 1.29 is 14.3 Å². The van der Waals surface area contributed by atoms with Gasteiger partial charge in [0.1, 0.15) is 0 Å². The summed E-state index contributed by atoms with van der Waals surface area (Å²) in [5.41, 5.74) is 6.63. The monoisotopic (exact) mass is 301 g/mol. The highest BCUT2D eigenvalue weighted by Gasteiger charge is 2.08. The van der Waals surface area contributed by atoms with Crippen molar-refractivity contribution >= 4 is 27.6 Å². The van der Waals surface area contributed by atoms with Crippen LogP contribution in [0.15, 0.2) is 22.7 Å². The molecular formula is C12H16BrNO3. The van der Waals surface area contributed by atoms with Crippen LogP contribution in [0.4, 0.5) is 5.69 Å². The van der Waals surface area contributed by atoms with Crippen LogP contribution in [0.2, 0.25) is 0 Å². The molecule has 0 unspecified atom stereocenters. The lowest BCUT2D eigenvalue weighted by Crippen LogP contribution is -2.07. The second kappa shape index (κ2) is 7.29. The number of unbranched alkanes of at least 4 members (excludes halogenated alkanes) is 1. The highest BCUT2D eigenvalue weighted by Crippen LogP contribution is 2.18. The van der Waals surface area contributed by atoms with Crippen LogP contribution >= 0.6 is 15.9 Å². The Bertz CT molecular complexity index is 362. The van der Waals surface area contributed by atoms with Crippen LogP contribution in [0.3, 0.4) is 0 Å². The number of carbonyl (C=O) groups excluding carboxylic acids is 1. The number of rotatable bonds is 6. The third-order valence-electron chi connectivity index (χ3n) is 2.13. The first-order valence-corrected chi connectivity index (χ1v) is 6.15. The van der Waals surface area contributed by atoms with E-state index in [1.165, 1.54) is 0 Å². The Morgan fingerprint density at radius 3 is 2.65 bits per heavy atom. The van der Waals surface area contributed by atoms with E-state index < -0.39 is 0 Å². The topological polar surface area (TPSA) is 61.5 Å². The fourth-order valence-electron chi connectivity index (χ4n) is 1.33. The lowest BCUT2D eigenvalue weighted by atomic mass is 10.2. The average Bonchev–Trinajstić information content (AvgIpc) is 2.27. The van der Waals surface area contributed by atoms with Crippen LogP contribution in [-0.4, -0.2) is 26.3 Å². The molecule has 0 aromatic heterocycles. The number of ether oxygens (including phenoxy) is 2. The first kappa shape index (κ1) is 14.0. The van der Waals surface area contributed by atoms with Gasteiger partial charge in [0.15, 0.2) is 0 Å². The van der Waals surface area contributed by atoms with Gasteiger partial charge in [-0.2, -0.15) is 0 Å².